The summed E-state index contributed by atoms with van der Waals surface area (Å²) < 4.78 is 0. The lowest BCUT2D eigenvalue weighted by molar-refractivity contribution is -0.137. The quantitative estimate of drug-likeness (QED) is 0.721. The molecule has 2 rings (SSSR count). The Hall–Kier alpha value is -0.610. The first-order valence-electron chi connectivity index (χ1n) is 6.26. The van der Waals surface area contributed by atoms with Gasteiger partial charge in [0.15, 0.2) is 0 Å². The second-order valence-corrected chi connectivity index (χ2v) is 5.53. The van der Waals surface area contributed by atoms with Gasteiger partial charge in [0, 0.05) is 18.6 Å². The van der Waals surface area contributed by atoms with Crippen molar-refractivity contribution in [2.45, 2.75) is 57.2 Å². The van der Waals surface area contributed by atoms with Crippen molar-refractivity contribution in [3.05, 3.63) is 0 Å². The number of amides is 1. The van der Waals surface area contributed by atoms with E-state index in [-0.39, 0.29) is 11.9 Å². The van der Waals surface area contributed by atoms with Crippen molar-refractivity contribution in [2.24, 2.45) is 0 Å². The minimum atomic E-state index is -1.26. The molecule has 0 radical (unpaired) electrons. The van der Waals surface area contributed by atoms with Crippen LogP contribution in [0.1, 0.15) is 39.5 Å². The lowest BCUT2D eigenvalue weighted by Crippen LogP contribution is -2.52. The van der Waals surface area contributed by atoms with Crippen molar-refractivity contribution >= 4 is 5.91 Å². The Morgan fingerprint density at radius 2 is 2.06 bits per heavy atom. The molecular weight excluding hydrogens is 204 g/mol. The minimum absolute atomic E-state index is 0.235. The molecule has 2 heterocycles. The zero-order chi connectivity index (χ0) is 11.8. The van der Waals surface area contributed by atoms with Crippen molar-refractivity contribution in [2.75, 3.05) is 13.1 Å². The van der Waals surface area contributed by atoms with Crippen LogP contribution in [0.25, 0.3) is 0 Å². The monoisotopic (exact) mass is 226 g/mol. The van der Waals surface area contributed by atoms with E-state index in [1.54, 1.807) is 0 Å². The van der Waals surface area contributed by atoms with Gasteiger partial charge in [0.25, 0.3) is 5.91 Å². The molecule has 0 aromatic carbocycles. The first-order chi connectivity index (χ1) is 7.48. The van der Waals surface area contributed by atoms with E-state index in [1.807, 2.05) is 0 Å². The lowest BCUT2D eigenvalue weighted by atomic mass is 9.98. The largest absolute Gasteiger partial charge is 0.381 e. The van der Waals surface area contributed by atoms with Crippen LogP contribution in [0.15, 0.2) is 0 Å². The molecule has 2 N–H and O–H groups in total. The van der Waals surface area contributed by atoms with Crippen LogP contribution in [0, 0.1) is 0 Å². The van der Waals surface area contributed by atoms with Gasteiger partial charge in [-0.1, -0.05) is 6.42 Å². The molecule has 2 unspecified atom stereocenters. The molecule has 0 aliphatic carbocycles. The number of rotatable bonds is 2. The van der Waals surface area contributed by atoms with Gasteiger partial charge in [-0.2, -0.15) is 0 Å². The number of carbonyl (C=O) groups is 1. The molecule has 0 aromatic heterocycles. The van der Waals surface area contributed by atoms with Crippen LogP contribution in [-0.2, 0) is 4.79 Å². The molecule has 0 aromatic rings. The number of nitrogens with one attached hydrogen (secondary N) is 1. The van der Waals surface area contributed by atoms with Crippen LogP contribution < -0.4 is 5.32 Å². The zero-order valence-corrected chi connectivity index (χ0v) is 10.2. The van der Waals surface area contributed by atoms with Crippen molar-refractivity contribution in [1.82, 2.24) is 10.2 Å². The average molecular weight is 226 g/mol. The predicted molar refractivity (Wildman–Crippen MR) is 62.1 cm³/mol. The Labute approximate surface area is 97.0 Å². The summed E-state index contributed by atoms with van der Waals surface area (Å²) >= 11 is 0. The number of hydrogen-bond donors (Lipinski definition) is 2. The van der Waals surface area contributed by atoms with E-state index in [9.17, 15) is 9.90 Å². The second-order valence-electron chi connectivity index (χ2n) is 5.53. The van der Waals surface area contributed by atoms with E-state index in [4.69, 9.17) is 0 Å². The van der Waals surface area contributed by atoms with Gasteiger partial charge in [-0.25, -0.2) is 0 Å². The summed E-state index contributed by atoms with van der Waals surface area (Å²) in [5, 5.41) is 12.6. The van der Waals surface area contributed by atoms with Gasteiger partial charge < -0.3 is 10.4 Å². The molecule has 16 heavy (non-hydrogen) atoms. The van der Waals surface area contributed by atoms with Crippen LogP contribution in [-0.4, -0.2) is 46.7 Å². The van der Waals surface area contributed by atoms with E-state index < -0.39 is 5.60 Å². The molecule has 4 heteroatoms. The zero-order valence-electron chi connectivity index (χ0n) is 10.2. The van der Waals surface area contributed by atoms with Gasteiger partial charge in [0.1, 0.15) is 5.60 Å². The molecule has 2 atom stereocenters. The molecular formula is C12H22N2O2. The van der Waals surface area contributed by atoms with Crippen molar-refractivity contribution < 1.29 is 9.90 Å². The Kier molecular flexibility index (Phi) is 3.22. The highest BCUT2D eigenvalue weighted by atomic mass is 16.3. The van der Waals surface area contributed by atoms with Gasteiger partial charge in [0.2, 0.25) is 0 Å². The lowest BCUT2D eigenvalue weighted by Gasteiger charge is -2.33. The molecule has 0 bridgehead atoms. The van der Waals surface area contributed by atoms with Crippen molar-refractivity contribution in [3.63, 3.8) is 0 Å². The fraction of sp³-hybridized carbons (Fsp3) is 0.917. The molecule has 0 saturated carbocycles. The highest BCUT2D eigenvalue weighted by Gasteiger charge is 2.38. The third kappa shape index (κ3) is 2.38. The van der Waals surface area contributed by atoms with E-state index in [1.165, 1.54) is 39.7 Å². The fourth-order valence-electron chi connectivity index (χ4n) is 2.76. The first kappa shape index (κ1) is 11.9. The number of carbonyl (C=O) groups excluding carboxylic acids is 1. The fourth-order valence-corrected chi connectivity index (χ4v) is 2.76. The summed E-state index contributed by atoms with van der Waals surface area (Å²) in [5.74, 6) is -0.245. The van der Waals surface area contributed by atoms with Gasteiger partial charge >= 0.3 is 0 Å². The number of nitrogens with zero attached hydrogens (tertiary/aromatic N) is 1. The molecule has 1 amide bonds. The Bertz CT molecular complexity index is 273. The first-order valence-corrected chi connectivity index (χ1v) is 6.26. The Morgan fingerprint density at radius 1 is 1.31 bits per heavy atom. The number of fused-ring (bicyclic) bond motifs is 1. The van der Waals surface area contributed by atoms with Crippen LogP contribution >= 0.6 is 0 Å². The Morgan fingerprint density at radius 3 is 2.75 bits per heavy atom. The van der Waals surface area contributed by atoms with Crippen LogP contribution in [0.4, 0.5) is 0 Å². The number of aliphatic hydroxyl groups is 1. The summed E-state index contributed by atoms with van der Waals surface area (Å²) in [6.07, 6.45) is 4.74. The normalized spacial score (nSPS) is 31.2. The average Bonchev–Trinajstić information content (AvgIpc) is 2.61. The molecule has 2 aliphatic rings. The maximum absolute atomic E-state index is 11.7. The predicted octanol–water partition coefficient (Wildman–Crippen LogP) is 0.500. The second kappa shape index (κ2) is 4.34. The third-order valence-corrected chi connectivity index (χ3v) is 3.73. The molecule has 2 aliphatic heterocycles. The van der Waals surface area contributed by atoms with Crippen molar-refractivity contribution in [3.8, 4) is 0 Å². The van der Waals surface area contributed by atoms with Gasteiger partial charge in [-0.3, -0.25) is 9.69 Å². The third-order valence-electron chi connectivity index (χ3n) is 3.73. The van der Waals surface area contributed by atoms with Gasteiger partial charge in [-0.15, -0.1) is 0 Å². The molecule has 2 fully saturated rings. The SMILES string of the molecule is CC(C)(O)C(=O)NC1CCN2CCCCC12. The smallest absolute Gasteiger partial charge is 0.251 e. The number of hydrogen-bond acceptors (Lipinski definition) is 3. The standard InChI is InChI=1S/C12H22N2O2/c1-12(2,16)11(15)13-9-6-8-14-7-4-3-5-10(9)14/h9-10,16H,3-8H2,1-2H3,(H,13,15). The van der Waals surface area contributed by atoms with Gasteiger partial charge in [0.05, 0.1) is 0 Å². The molecule has 92 valence electrons. The molecule has 0 spiro atoms. The van der Waals surface area contributed by atoms with Crippen LogP contribution in [0.2, 0.25) is 0 Å². The topological polar surface area (TPSA) is 52.6 Å². The van der Waals surface area contributed by atoms with Gasteiger partial charge in [-0.05, 0) is 39.7 Å². The summed E-state index contributed by atoms with van der Waals surface area (Å²) in [4.78, 5) is 14.2. The summed E-state index contributed by atoms with van der Waals surface area (Å²) in [5.41, 5.74) is -1.26. The van der Waals surface area contributed by atoms with E-state index in [2.05, 4.69) is 10.2 Å². The van der Waals surface area contributed by atoms with E-state index in [0.717, 1.165) is 13.0 Å². The van der Waals surface area contributed by atoms with Crippen LogP contribution in [0.3, 0.4) is 0 Å². The van der Waals surface area contributed by atoms with Crippen molar-refractivity contribution in [1.29, 1.82) is 0 Å². The van der Waals surface area contributed by atoms with E-state index in [0.29, 0.717) is 6.04 Å². The summed E-state index contributed by atoms with van der Waals surface area (Å²) in [7, 11) is 0. The maximum Gasteiger partial charge on any atom is 0.251 e. The minimum Gasteiger partial charge on any atom is -0.381 e. The molecule has 4 nitrogen and oxygen atoms in total. The molecule has 2 saturated heterocycles. The highest BCUT2D eigenvalue weighted by molar-refractivity contribution is 5.84. The summed E-state index contributed by atoms with van der Waals surface area (Å²) in [6, 6.07) is 0.735. The van der Waals surface area contributed by atoms with E-state index >= 15 is 0 Å². The van der Waals surface area contributed by atoms with Crippen LogP contribution in [0.5, 0.6) is 0 Å². The number of piperidine rings is 1. The summed E-state index contributed by atoms with van der Waals surface area (Å²) in [6.45, 7) is 5.33. The highest BCUT2D eigenvalue weighted by Crippen LogP contribution is 2.27. The Balaban J connectivity index is 1.93. The maximum atomic E-state index is 11.7.